The molecule has 12 heteroatoms. The lowest BCUT2D eigenvalue weighted by Crippen LogP contribution is -2.22. The number of nitrogens with one attached hydrogen (secondary N) is 1. The molecular weight excluding hydrogens is 544 g/mol. The zero-order valence-corrected chi connectivity index (χ0v) is 21.6. The summed E-state index contributed by atoms with van der Waals surface area (Å²) in [6, 6.07) is 16.4. The predicted molar refractivity (Wildman–Crippen MR) is 146 cm³/mol. The van der Waals surface area contributed by atoms with Crippen molar-refractivity contribution in [3.05, 3.63) is 97.0 Å². The van der Waals surface area contributed by atoms with E-state index in [1.165, 1.54) is 6.08 Å². The second-order valence-corrected chi connectivity index (χ2v) is 8.47. The van der Waals surface area contributed by atoms with Crippen LogP contribution in [-0.4, -0.2) is 28.8 Å². The van der Waals surface area contributed by atoms with Crippen molar-refractivity contribution in [1.29, 1.82) is 0 Å². The van der Waals surface area contributed by atoms with Crippen LogP contribution in [-0.2, 0) is 4.79 Å². The number of amides is 1. The van der Waals surface area contributed by atoms with Crippen LogP contribution in [0.2, 0.25) is 0 Å². The fourth-order valence-electron chi connectivity index (χ4n) is 3.43. The van der Waals surface area contributed by atoms with E-state index in [0.29, 0.717) is 5.69 Å². The van der Waals surface area contributed by atoms with Crippen LogP contribution in [0, 0.1) is 20.2 Å². The molecule has 0 atom stereocenters. The Labute approximate surface area is 221 Å². The number of benzene rings is 3. The van der Waals surface area contributed by atoms with E-state index in [4.69, 9.17) is 0 Å². The van der Waals surface area contributed by atoms with E-state index in [1.54, 1.807) is 24.3 Å². The lowest BCUT2D eigenvalue weighted by Gasteiger charge is -2.22. The molecule has 1 N–H and O–H groups in total. The van der Waals surface area contributed by atoms with E-state index in [2.05, 4.69) is 36.4 Å². The molecule has 0 spiro atoms. The predicted octanol–water partition coefficient (Wildman–Crippen LogP) is 7.18. The van der Waals surface area contributed by atoms with Gasteiger partial charge in [-0.25, -0.2) is 0 Å². The van der Waals surface area contributed by atoms with Crippen molar-refractivity contribution in [2.24, 2.45) is 10.2 Å². The third-order valence-electron chi connectivity index (χ3n) is 5.29. The molecule has 0 saturated heterocycles. The summed E-state index contributed by atoms with van der Waals surface area (Å²) in [5.74, 6) is -0.403. The summed E-state index contributed by atoms with van der Waals surface area (Å²) in [4.78, 5) is 35.9. The minimum absolute atomic E-state index is 0.0355. The molecule has 0 bridgehead atoms. The van der Waals surface area contributed by atoms with Crippen molar-refractivity contribution in [3.8, 4) is 0 Å². The minimum atomic E-state index is -0.771. The molecule has 0 aliphatic carbocycles. The summed E-state index contributed by atoms with van der Waals surface area (Å²) < 4.78 is 0.0355. The van der Waals surface area contributed by atoms with Crippen LogP contribution in [0.4, 0.5) is 34.1 Å². The lowest BCUT2D eigenvalue weighted by molar-refractivity contribution is -0.393. The highest BCUT2D eigenvalue weighted by Crippen LogP contribution is 2.40. The number of non-ortho nitro benzene ring substituents is 1. The SMILES string of the molecule is CCN(CC)c1ccc(N=Nc2c(Br)cc([N+](=O)[O-])cc2[N+](=O)[O-])c(NC(=O)C=Cc2ccccc2)c1. The topological polar surface area (TPSA) is 143 Å². The Morgan fingerprint density at radius 1 is 1.00 bits per heavy atom. The smallest absolute Gasteiger partial charge is 0.304 e. The van der Waals surface area contributed by atoms with Gasteiger partial charge >= 0.3 is 5.69 Å². The molecule has 3 rings (SSSR count). The van der Waals surface area contributed by atoms with E-state index < -0.39 is 27.1 Å². The van der Waals surface area contributed by atoms with Gasteiger partial charge in [-0.3, -0.25) is 25.0 Å². The van der Waals surface area contributed by atoms with Gasteiger partial charge in [-0.15, -0.1) is 10.2 Å². The third kappa shape index (κ3) is 7.04. The summed E-state index contributed by atoms with van der Waals surface area (Å²) in [6.07, 6.45) is 3.06. The zero-order valence-electron chi connectivity index (χ0n) is 20.0. The normalized spacial score (nSPS) is 11.1. The second-order valence-electron chi connectivity index (χ2n) is 7.62. The third-order valence-corrected chi connectivity index (χ3v) is 5.89. The van der Waals surface area contributed by atoms with Gasteiger partial charge in [0.05, 0.1) is 26.1 Å². The Hall–Kier alpha value is -4.45. The maximum atomic E-state index is 12.7. The average molecular weight is 567 g/mol. The first-order valence-corrected chi connectivity index (χ1v) is 12.0. The van der Waals surface area contributed by atoms with Crippen LogP contribution in [0.3, 0.4) is 0 Å². The monoisotopic (exact) mass is 566 g/mol. The van der Waals surface area contributed by atoms with Crippen LogP contribution in [0.15, 0.2) is 81.4 Å². The van der Waals surface area contributed by atoms with Crippen LogP contribution in [0.1, 0.15) is 19.4 Å². The van der Waals surface area contributed by atoms with Gasteiger partial charge in [0.15, 0.2) is 5.69 Å². The van der Waals surface area contributed by atoms with E-state index >= 15 is 0 Å². The van der Waals surface area contributed by atoms with Crippen molar-refractivity contribution in [1.82, 2.24) is 0 Å². The van der Waals surface area contributed by atoms with Gasteiger partial charge in [-0.05, 0) is 59.6 Å². The molecule has 0 aliphatic rings. The lowest BCUT2D eigenvalue weighted by atomic mass is 10.2. The molecule has 190 valence electrons. The van der Waals surface area contributed by atoms with Crippen LogP contribution in [0.25, 0.3) is 6.08 Å². The van der Waals surface area contributed by atoms with E-state index in [-0.39, 0.29) is 15.8 Å². The first-order valence-electron chi connectivity index (χ1n) is 11.2. The number of rotatable bonds is 10. The molecular formula is C25H23BrN6O5. The number of nitrogens with zero attached hydrogens (tertiary/aromatic N) is 5. The van der Waals surface area contributed by atoms with E-state index in [1.807, 2.05) is 44.2 Å². The summed E-state index contributed by atoms with van der Waals surface area (Å²) in [7, 11) is 0. The van der Waals surface area contributed by atoms with Crippen molar-refractivity contribution in [2.75, 3.05) is 23.3 Å². The summed E-state index contributed by atoms with van der Waals surface area (Å²) in [6.45, 7) is 5.48. The maximum absolute atomic E-state index is 12.7. The molecule has 1 amide bonds. The molecule has 3 aromatic carbocycles. The van der Waals surface area contributed by atoms with Gasteiger partial charge in [0.2, 0.25) is 5.91 Å². The highest BCUT2D eigenvalue weighted by atomic mass is 79.9. The van der Waals surface area contributed by atoms with Crippen molar-refractivity contribution < 1.29 is 14.6 Å². The quantitative estimate of drug-likeness (QED) is 0.119. The van der Waals surface area contributed by atoms with Gasteiger partial charge in [-0.1, -0.05) is 30.3 Å². The fourth-order valence-corrected chi connectivity index (χ4v) is 3.94. The summed E-state index contributed by atoms with van der Waals surface area (Å²) >= 11 is 3.11. The van der Waals surface area contributed by atoms with Gasteiger partial charge in [-0.2, -0.15) is 0 Å². The first kappa shape index (κ1) is 27.1. The molecule has 0 radical (unpaired) electrons. The molecule has 3 aromatic rings. The Kier molecular flexibility index (Phi) is 9.16. The molecule has 0 unspecified atom stereocenters. The largest absolute Gasteiger partial charge is 0.372 e. The van der Waals surface area contributed by atoms with Crippen LogP contribution >= 0.6 is 15.9 Å². The number of halogens is 1. The van der Waals surface area contributed by atoms with Gasteiger partial charge in [0.25, 0.3) is 5.69 Å². The highest BCUT2D eigenvalue weighted by Gasteiger charge is 2.23. The molecule has 11 nitrogen and oxygen atoms in total. The molecule has 0 heterocycles. The van der Waals surface area contributed by atoms with Crippen molar-refractivity contribution in [3.63, 3.8) is 0 Å². The number of hydrogen-bond donors (Lipinski definition) is 1. The zero-order chi connectivity index (χ0) is 26.9. The summed E-state index contributed by atoms with van der Waals surface area (Å²) in [5.41, 5.74) is 1.05. The number of nitro groups is 2. The first-order chi connectivity index (χ1) is 17.7. The number of carbonyl (C=O) groups excluding carboxylic acids is 1. The van der Waals surface area contributed by atoms with Crippen molar-refractivity contribution >= 4 is 62.0 Å². The molecule has 0 aliphatic heterocycles. The Balaban J connectivity index is 2.00. The van der Waals surface area contributed by atoms with Gasteiger partial charge < -0.3 is 10.2 Å². The number of anilines is 2. The maximum Gasteiger partial charge on any atom is 0.304 e. The molecule has 0 saturated carbocycles. The second kappa shape index (κ2) is 12.5. The van der Waals surface area contributed by atoms with Crippen LogP contribution in [0.5, 0.6) is 0 Å². The van der Waals surface area contributed by atoms with Crippen molar-refractivity contribution in [2.45, 2.75) is 13.8 Å². The average Bonchev–Trinajstić information content (AvgIpc) is 2.88. The Morgan fingerprint density at radius 3 is 2.32 bits per heavy atom. The summed E-state index contributed by atoms with van der Waals surface area (Å²) in [5, 5.41) is 33.6. The van der Waals surface area contributed by atoms with Gasteiger partial charge in [0.1, 0.15) is 5.69 Å². The molecule has 0 aromatic heterocycles. The van der Waals surface area contributed by atoms with Crippen LogP contribution < -0.4 is 10.2 Å². The Bertz CT molecular complexity index is 1370. The molecule has 0 fully saturated rings. The van der Waals surface area contributed by atoms with E-state index in [0.717, 1.165) is 36.5 Å². The fraction of sp³-hybridized carbons (Fsp3) is 0.160. The Morgan fingerprint density at radius 2 is 1.70 bits per heavy atom. The minimum Gasteiger partial charge on any atom is -0.372 e. The van der Waals surface area contributed by atoms with E-state index in [9.17, 15) is 25.0 Å². The molecule has 37 heavy (non-hydrogen) atoms. The standard InChI is InChI=1S/C25H23BrN6O5/c1-3-30(4-2)18-11-12-21(22(15-18)27-24(33)13-10-17-8-6-5-7-9-17)28-29-25-20(26)14-19(31(34)35)16-23(25)32(36)37/h5-16H,3-4H2,1-2H3,(H,27,33). The number of azo groups is 1. The number of hydrogen-bond acceptors (Lipinski definition) is 8. The highest BCUT2D eigenvalue weighted by molar-refractivity contribution is 9.10. The number of carbonyl (C=O) groups is 1. The van der Waals surface area contributed by atoms with Gasteiger partial charge in [0, 0.05) is 30.9 Å². The number of nitro benzene ring substituents is 2.